The number of nitrogens with one attached hydrogen (secondary N) is 1. The van der Waals surface area contributed by atoms with Crippen molar-refractivity contribution in [3.05, 3.63) is 132 Å². The third-order valence-corrected chi connectivity index (χ3v) is 7.00. The van der Waals surface area contributed by atoms with E-state index in [2.05, 4.69) is 32.8 Å². The average molecular weight is 519 g/mol. The van der Waals surface area contributed by atoms with E-state index >= 15 is 0 Å². The van der Waals surface area contributed by atoms with Crippen LogP contribution in [0.4, 0.5) is 5.69 Å². The zero-order valence-electron chi connectivity index (χ0n) is 20.7. The standard InChI is InChI=1S/C31H26N4O2S/c1-21-7-15-25(16-8-21)37-26-17-11-23(12-18-26)35-30(29(33-31(35)38)27-5-2-3-19-32-27)28-6-4-20-34(28)22-9-13-24(36)14-10-22/h2-20,29-30,36H,1H3,(H,33,38)/t29-,30-/m0/s1. The van der Waals surface area contributed by atoms with E-state index in [1.54, 1.807) is 18.3 Å². The molecule has 3 heterocycles. The summed E-state index contributed by atoms with van der Waals surface area (Å²) in [5, 5.41) is 14.0. The van der Waals surface area contributed by atoms with E-state index in [4.69, 9.17) is 17.0 Å². The van der Waals surface area contributed by atoms with E-state index in [9.17, 15) is 5.11 Å². The van der Waals surface area contributed by atoms with Gasteiger partial charge in [0, 0.05) is 29.5 Å². The monoisotopic (exact) mass is 518 g/mol. The van der Waals surface area contributed by atoms with Gasteiger partial charge in [0.25, 0.3) is 0 Å². The molecule has 5 aromatic rings. The van der Waals surface area contributed by atoms with Crippen molar-refractivity contribution in [2.75, 3.05) is 4.90 Å². The lowest BCUT2D eigenvalue weighted by Crippen LogP contribution is -2.30. The van der Waals surface area contributed by atoms with Gasteiger partial charge >= 0.3 is 0 Å². The van der Waals surface area contributed by atoms with E-state index in [0.717, 1.165) is 34.3 Å². The Morgan fingerprint density at radius 2 is 1.50 bits per heavy atom. The fraction of sp³-hybridized carbons (Fsp3) is 0.0968. The molecule has 0 spiro atoms. The molecule has 0 unspecified atom stereocenters. The summed E-state index contributed by atoms with van der Waals surface area (Å²) in [7, 11) is 0. The van der Waals surface area contributed by atoms with Crippen LogP contribution in [0.1, 0.15) is 29.0 Å². The summed E-state index contributed by atoms with van der Waals surface area (Å²) in [6.45, 7) is 2.05. The van der Waals surface area contributed by atoms with E-state index in [1.807, 2.05) is 91.1 Å². The van der Waals surface area contributed by atoms with Gasteiger partial charge in [0.2, 0.25) is 0 Å². The van der Waals surface area contributed by atoms with Crippen LogP contribution in [0.2, 0.25) is 0 Å². The summed E-state index contributed by atoms with van der Waals surface area (Å²) in [5.41, 5.74) is 5.02. The maximum atomic E-state index is 9.82. The highest BCUT2D eigenvalue weighted by Gasteiger charge is 2.42. The molecular weight excluding hydrogens is 492 g/mol. The SMILES string of the molecule is Cc1ccc(Oc2ccc(N3C(=S)N[C@@H](c4ccccn4)[C@@H]3c3cccn3-c3ccc(O)cc3)cc2)cc1. The second-order valence-electron chi connectivity index (χ2n) is 9.23. The minimum atomic E-state index is -0.176. The van der Waals surface area contributed by atoms with Crippen molar-refractivity contribution in [2.45, 2.75) is 19.0 Å². The number of phenolic OH excluding ortho intramolecular Hbond substituents is 1. The largest absolute Gasteiger partial charge is 0.508 e. The second-order valence-corrected chi connectivity index (χ2v) is 9.61. The minimum Gasteiger partial charge on any atom is -0.508 e. The van der Waals surface area contributed by atoms with Crippen LogP contribution < -0.4 is 15.0 Å². The summed E-state index contributed by atoms with van der Waals surface area (Å²) >= 11 is 5.89. The topological polar surface area (TPSA) is 62.5 Å². The number of phenols is 1. The molecule has 6 rings (SSSR count). The van der Waals surface area contributed by atoms with Crippen LogP contribution in [0.15, 0.2) is 116 Å². The maximum absolute atomic E-state index is 9.82. The van der Waals surface area contributed by atoms with Crippen molar-refractivity contribution >= 4 is 23.0 Å². The molecule has 2 N–H and O–H groups in total. The first-order chi connectivity index (χ1) is 18.6. The molecule has 2 atom stereocenters. The maximum Gasteiger partial charge on any atom is 0.174 e. The van der Waals surface area contributed by atoms with Crippen LogP contribution in [0.25, 0.3) is 5.69 Å². The van der Waals surface area contributed by atoms with Gasteiger partial charge in [0.15, 0.2) is 5.11 Å². The number of nitrogens with zero attached hydrogens (tertiary/aromatic N) is 3. The Hall–Kier alpha value is -4.62. The Balaban J connectivity index is 1.38. The average Bonchev–Trinajstić information content (AvgIpc) is 3.56. The first-order valence-corrected chi connectivity index (χ1v) is 12.8. The zero-order valence-corrected chi connectivity index (χ0v) is 21.5. The Bertz CT molecular complexity index is 1550. The highest BCUT2D eigenvalue weighted by molar-refractivity contribution is 7.80. The first kappa shape index (κ1) is 23.8. The molecule has 0 radical (unpaired) electrons. The number of pyridine rings is 1. The number of aromatic nitrogens is 2. The Kier molecular flexibility index (Phi) is 6.27. The second kappa shape index (κ2) is 10.0. The highest BCUT2D eigenvalue weighted by atomic mass is 32.1. The molecule has 6 nitrogen and oxygen atoms in total. The fourth-order valence-corrected chi connectivity index (χ4v) is 5.18. The number of thiocarbonyl (C=S) groups is 1. The molecule has 1 aliphatic rings. The fourth-order valence-electron chi connectivity index (χ4n) is 4.83. The van der Waals surface area contributed by atoms with Gasteiger partial charge in [-0.25, -0.2) is 0 Å². The Morgan fingerprint density at radius 1 is 0.816 bits per heavy atom. The van der Waals surface area contributed by atoms with Crippen molar-refractivity contribution in [3.8, 4) is 22.9 Å². The van der Waals surface area contributed by atoms with Crippen molar-refractivity contribution in [3.63, 3.8) is 0 Å². The quantitative estimate of drug-likeness (QED) is 0.240. The molecule has 7 heteroatoms. The van der Waals surface area contributed by atoms with Gasteiger partial charge in [-0.2, -0.15) is 0 Å². The molecule has 0 aliphatic carbocycles. The number of aryl methyl sites for hydroxylation is 1. The third-order valence-electron chi connectivity index (χ3n) is 6.68. The van der Waals surface area contributed by atoms with Gasteiger partial charge < -0.3 is 24.6 Å². The molecule has 0 amide bonds. The van der Waals surface area contributed by atoms with E-state index in [0.29, 0.717) is 5.11 Å². The molecule has 1 saturated heterocycles. The van der Waals surface area contributed by atoms with Gasteiger partial charge in [-0.3, -0.25) is 4.98 Å². The first-order valence-electron chi connectivity index (χ1n) is 12.4. The molecule has 1 aliphatic heterocycles. The Labute approximate surface area is 226 Å². The van der Waals surface area contributed by atoms with E-state index in [-0.39, 0.29) is 17.8 Å². The van der Waals surface area contributed by atoms with Gasteiger partial charge in [-0.1, -0.05) is 23.8 Å². The summed E-state index contributed by atoms with van der Waals surface area (Å²) in [5.74, 6) is 1.77. The number of aromatic hydroxyl groups is 1. The molecular formula is C31H26N4O2S. The lowest BCUT2D eigenvalue weighted by Gasteiger charge is -2.29. The van der Waals surface area contributed by atoms with Crippen LogP contribution in [-0.4, -0.2) is 19.8 Å². The van der Waals surface area contributed by atoms with Crippen molar-refractivity contribution in [1.82, 2.24) is 14.9 Å². The predicted octanol–water partition coefficient (Wildman–Crippen LogP) is 6.86. The van der Waals surface area contributed by atoms with Crippen LogP contribution in [0.5, 0.6) is 17.2 Å². The molecule has 188 valence electrons. The lowest BCUT2D eigenvalue weighted by molar-refractivity contribution is 0.475. The van der Waals surface area contributed by atoms with Gasteiger partial charge in [-0.15, -0.1) is 0 Å². The predicted molar refractivity (Wildman–Crippen MR) is 153 cm³/mol. The highest BCUT2D eigenvalue weighted by Crippen LogP contribution is 2.42. The van der Waals surface area contributed by atoms with Crippen LogP contribution >= 0.6 is 12.2 Å². The van der Waals surface area contributed by atoms with Gasteiger partial charge in [0.1, 0.15) is 23.3 Å². The minimum absolute atomic E-state index is 0.169. The normalized spacial score (nSPS) is 16.9. The van der Waals surface area contributed by atoms with E-state index in [1.165, 1.54) is 5.56 Å². The van der Waals surface area contributed by atoms with Gasteiger partial charge in [-0.05, 0) is 104 Å². The summed E-state index contributed by atoms with van der Waals surface area (Å²) < 4.78 is 8.17. The number of ether oxygens (including phenoxy) is 1. The van der Waals surface area contributed by atoms with Crippen LogP contribution in [0.3, 0.4) is 0 Å². The van der Waals surface area contributed by atoms with Crippen molar-refractivity contribution in [1.29, 1.82) is 0 Å². The zero-order chi connectivity index (χ0) is 26.1. The third kappa shape index (κ3) is 4.60. The molecule has 1 fully saturated rings. The van der Waals surface area contributed by atoms with Crippen molar-refractivity contribution in [2.24, 2.45) is 0 Å². The summed E-state index contributed by atoms with van der Waals surface area (Å²) in [6, 6.07) is 32.9. The van der Waals surface area contributed by atoms with Crippen LogP contribution in [0, 0.1) is 6.92 Å². The number of hydrogen-bond acceptors (Lipinski definition) is 4. The number of benzene rings is 3. The number of rotatable bonds is 6. The smallest absolute Gasteiger partial charge is 0.174 e. The molecule has 38 heavy (non-hydrogen) atoms. The number of anilines is 1. The summed E-state index contributed by atoms with van der Waals surface area (Å²) in [6.07, 6.45) is 3.82. The molecule has 0 bridgehead atoms. The molecule has 0 saturated carbocycles. The van der Waals surface area contributed by atoms with Crippen LogP contribution in [-0.2, 0) is 0 Å². The van der Waals surface area contributed by atoms with E-state index < -0.39 is 0 Å². The van der Waals surface area contributed by atoms with Crippen molar-refractivity contribution < 1.29 is 9.84 Å². The van der Waals surface area contributed by atoms with Gasteiger partial charge in [0.05, 0.1) is 11.7 Å². The Morgan fingerprint density at radius 3 is 2.18 bits per heavy atom. The summed E-state index contributed by atoms with van der Waals surface area (Å²) in [4.78, 5) is 6.79. The number of hydrogen-bond donors (Lipinski definition) is 2. The molecule has 2 aromatic heterocycles. The lowest BCUT2D eigenvalue weighted by atomic mass is 10.0. The molecule has 3 aromatic carbocycles.